The molecule has 1 N–H and O–H groups in total. The van der Waals surface area contributed by atoms with Crippen LogP contribution in [-0.4, -0.2) is 6.54 Å². The quantitative estimate of drug-likeness (QED) is 0.768. The number of rotatable bonds is 6. The normalized spacial score (nSPS) is 15.2. The maximum atomic E-state index is 13.4. The van der Waals surface area contributed by atoms with Gasteiger partial charge in [-0.1, -0.05) is 34.6 Å². The summed E-state index contributed by atoms with van der Waals surface area (Å²) in [6, 6.07) is 3.79. The minimum atomic E-state index is -0.508. The van der Waals surface area contributed by atoms with E-state index in [9.17, 15) is 8.78 Å². The third-order valence-electron chi connectivity index (χ3n) is 4.00. The molecule has 0 aliphatic heterocycles. The van der Waals surface area contributed by atoms with E-state index in [1.807, 2.05) is 0 Å². The molecule has 0 spiro atoms. The van der Waals surface area contributed by atoms with Crippen molar-refractivity contribution in [1.82, 2.24) is 5.32 Å². The van der Waals surface area contributed by atoms with Crippen molar-refractivity contribution in [1.29, 1.82) is 0 Å². The number of benzene rings is 1. The molecule has 1 aromatic carbocycles. The topological polar surface area (TPSA) is 12.0 Å². The van der Waals surface area contributed by atoms with Gasteiger partial charge in [0, 0.05) is 12.1 Å². The lowest BCUT2D eigenvalue weighted by Crippen LogP contribution is -2.28. The summed E-state index contributed by atoms with van der Waals surface area (Å²) in [6.45, 7) is 11.7. The van der Waals surface area contributed by atoms with Crippen LogP contribution in [-0.2, 0) is 0 Å². The van der Waals surface area contributed by atoms with Crippen LogP contribution in [0.5, 0.6) is 0 Å². The molecule has 0 aromatic heterocycles. The summed E-state index contributed by atoms with van der Waals surface area (Å²) in [5.41, 5.74) is 0.880. The van der Waals surface area contributed by atoms with Crippen LogP contribution >= 0.6 is 0 Å². The van der Waals surface area contributed by atoms with E-state index in [4.69, 9.17) is 0 Å². The van der Waals surface area contributed by atoms with Crippen molar-refractivity contribution in [2.24, 2.45) is 11.3 Å². The predicted molar refractivity (Wildman–Crippen MR) is 80.6 cm³/mol. The van der Waals surface area contributed by atoms with Gasteiger partial charge in [-0.3, -0.25) is 0 Å². The van der Waals surface area contributed by atoms with Gasteiger partial charge in [0.15, 0.2) is 0 Å². The van der Waals surface area contributed by atoms with E-state index in [-0.39, 0.29) is 11.5 Å². The Kier molecular flexibility index (Phi) is 6.12. The van der Waals surface area contributed by atoms with Gasteiger partial charge in [-0.25, -0.2) is 8.78 Å². The highest BCUT2D eigenvalue weighted by molar-refractivity contribution is 5.21. The zero-order valence-corrected chi connectivity index (χ0v) is 13.3. The molecule has 0 heterocycles. The van der Waals surface area contributed by atoms with Gasteiger partial charge in [0.1, 0.15) is 11.6 Å². The van der Waals surface area contributed by atoms with Gasteiger partial charge in [0.05, 0.1) is 0 Å². The highest BCUT2D eigenvalue weighted by atomic mass is 19.1. The maximum Gasteiger partial charge on any atom is 0.126 e. The summed E-state index contributed by atoms with van der Waals surface area (Å²) in [5, 5.41) is 3.41. The van der Waals surface area contributed by atoms with Crippen LogP contribution in [0.4, 0.5) is 8.78 Å². The second kappa shape index (κ2) is 7.16. The largest absolute Gasteiger partial charge is 0.310 e. The number of nitrogens with one attached hydrogen (secondary N) is 1. The van der Waals surface area contributed by atoms with E-state index in [2.05, 4.69) is 39.9 Å². The van der Waals surface area contributed by atoms with Crippen LogP contribution in [0.25, 0.3) is 0 Å². The summed E-state index contributed by atoms with van der Waals surface area (Å²) >= 11 is 0. The van der Waals surface area contributed by atoms with E-state index >= 15 is 0 Å². The van der Waals surface area contributed by atoms with Crippen molar-refractivity contribution in [3.63, 3.8) is 0 Å². The minimum Gasteiger partial charge on any atom is -0.310 e. The van der Waals surface area contributed by atoms with Gasteiger partial charge >= 0.3 is 0 Å². The molecule has 0 saturated heterocycles. The first-order chi connectivity index (χ1) is 9.24. The van der Waals surface area contributed by atoms with E-state index in [0.717, 1.165) is 25.5 Å². The molecule has 0 fully saturated rings. The van der Waals surface area contributed by atoms with Gasteiger partial charge in [-0.05, 0) is 48.4 Å². The molecule has 2 atom stereocenters. The van der Waals surface area contributed by atoms with Gasteiger partial charge in [-0.2, -0.15) is 0 Å². The molecule has 0 saturated carbocycles. The average Bonchev–Trinajstić information content (AvgIpc) is 2.31. The zero-order chi connectivity index (χ0) is 15.3. The number of hydrogen-bond acceptors (Lipinski definition) is 1. The monoisotopic (exact) mass is 283 g/mol. The van der Waals surface area contributed by atoms with Crippen molar-refractivity contribution in [3.05, 3.63) is 35.4 Å². The van der Waals surface area contributed by atoms with Gasteiger partial charge in [0.2, 0.25) is 0 Å². The zero-order valence-electron chi connectivity index (χ0n) is 13.3. The summed E-state index contributed by atoms with van der Waals surface area (Å²) in [6.07, 6.45) is 1.87. The Hall–Kier alpha value is -0.960. The highest BCUT2D eigenvalue weighted by Crippen LogP contribution is 2.33. The second-order valence-electron chi connectivity index (χ2n) is 6.71. The molecule has 0 aliphatic carbocycles. The number of hydrogen-bond donors (Lipinski definition) is 1. The van der Waals surface area contributed by atoms with Crippen molar-refractivity contribution in [2.75, 3.05) is 6.54 Å². The highest BCUT2D eigenvalue weighted by Gasteiger charge is 2.24. The Morgan fingerprint density at radius 1 is 1.10 bits per heavy atom. The van der Waals surface area contributed by atoms with Crippen LogP contribution in [0.3, 0.4) is 0 Å². The van der Waals surface area contributed by atoms with E-state index < -0.39 is 11.6 Å². The van der Waals surface area contributed by atoms with Crippen LogP contribution in [0, 0.1) is 23.0 Å². The second-order valence-corrected chi connectivity index (χ2v) is 6.71. The molecule has 1 nitrogen and oxygen atoms in total. The van der Waals surface area contributed by atoms with Crippen LogP contribution in [0.1, 0.15) is 59.1 Å². The first-order valence-electron chi connectivity index (χ1n) is 7.43. The fourth-order valence-corrected chi connectivity index (χ4v) is 2.14. The molecule has 2 unspecified atom stereocenters. The fraction of sp³-hybridized carbons (Fsp3) is 0.647. The third-order valence-corrected chi connectivity index (χ3v) is 4.00. The first kappa shape index (κ1) is 17.1. The molecular formula is C17H27F2N. The smallest absolute Gasteiger partial charge is 0.126 e. The molecule has 1 aromatic rings. The average molecular weight is 283 g/mol. The number of halogens is 2. The van der Waals surface area contributed by atoms with Crippen molar-refractivity contribution >= 4 is 0 Å². The summed E-state index contributed by atoms with van der Waals surface area (Å²) in [5.74, 6) is -0.568. The fourth-order valence-electron chi connectivity index (χ4n) is 2.14. The molecule has 1 rings (SSSR count). The molecule has 3 heteroatoms. The van der Waals surface area contributed by atoms with E-state index in [0.29, 0.717) is 11.5 Å². The Morgan fingerprint density at radius 3 is 2.10 bits per heavy atom. The first-order valence-corrected chi connectivity index (χ1v) is 7.43. The predicted octanol–water partition coefficient (Wildman–Crippen LogP) is 5.08. The van der Waals surface area contributed by atoms with Gasteiger partial charge in [0.25, 0.3) is 0 Å². The SMILES string of the molecule is CCCNC(CC(C)C(C)(C)C)c1cc(F)cc(F)c1. The summed E-state index contributed by atoms with van der Waals surface area (Å²) in [4.78, 5) is 0. The van der Waals surface area contributed by atoms with Gasteiger partial charge < -0.3 is 5.32 Å². The summed E-state index contributed by atoms with van der Waals surface area (Å²) in [7, 11) is 0. The maximum absolute atomic E-state index is 13.4. The third kappa shape index (κ3) is 5.20. The molecule has 0 bridgehead atoms. The van der Waals surface area contributed by atoms with Gasteiger partial charge in [-0.15, -0.1) is 0 Å². The molecule has 0 amide bonds. The standard InChI is InChI=1S/C17H27F2N/c1-6-7-20-16(8-12(2)17(3,4)5)13-9-14(18)11-15(19)10-13/h9-12,16,20H,6-8H2,1-5H3. The molecular weight excluding hydrogens is 256 g/mol. The Labute approximate surface area is 121 Å². The van der Waals surface area contributed by atoms with Crippen LogP contribution in [0.15, 0.2) is 18.2 Å². The lowest BCUT2D eigenvalue weighted by Gasteiger charge is -2.31. The lowest BCUT2D eigenvalue weighted by molar-refractivity contribution is 0.223. The Morgan fingerprint density at radius 2 is 1.65 bits per heavy atom. The van der Waals surface area contributed by atoms with Crippen molar-refractivity contribution in [2.45, 2.75) is 53.5 Å². The molecule has 0 aliphatic rings. The Balaban J connectivity index is 2.93. The Bertz CT molecular complexity index is 403. The summed E-state index contributed by atoms with van der Waals surface area (Å²) < 4.78 is 26.8. The van der Waals surface area contributed by atoms with E-state index in [1.165, 1.54) is 12.1 Å². The van der Waals surface area contributed by atoms with Crippen molar-refractivity contribution in [3.8, 4) is 0 Å². The van der Waals surface area contributed by atoms with Crippen LogP contribution in [0.2, 0.25) is 0 Å². The van der Waals surface area contributed by atoms with E-state index in [1.54, 1.807) is 0 Å². The molecule has 0 radical (unpaired) electrons. The minimum absolute atomic E-state index is 0.00521. The molecule has 114 valence electrons. The lowest BCUT2D eigenvalue weighted by atomic mass is 9.77. The molecule has 20 heavy (non-hydrogen) atoms. The van der Waals surface area contributed by atoms with Crippen LogP contribution < -0.4 is 5.32 Å². The van der Waals surface area contributed by atoms with Crippen molar-refractivity contribution < 1.29 is 8.78 Å².